The molecule has 82 valence electrons. The highest BCUT2D eigenvalue weighted by atomic mass is 19.1. The van der Waals surface area contributed by atoms with Gasteiger partial charge in [-0.25, -0.2) is 13.2 Å². The van der Waals surface area contributed by atoms with Crippen LogP contribution in [0, 0.1) is 17.5 Å². The Morgan fingerprint density at radius 2 is 1.62 bits per heavy atom. The van der Waals surface area contributed by atoms with Crippen LogP contribution in [0.3, 0.4) is 0 Å². The molecule has 0 unspecified atom stereocenters. The first-order valence-electron chi connectivity index (χ1n) is 4.52. The van der Waals surface area contributed by atoms with Crippen LogP contribution in [0.1, 0.15) is 0 Å². The smallest absolute Gasteiger partial charge is 0.168 e. The normalized spacial score (nSPS) is 10.4. The van der Waals surface area contributed by atoms with Gasteiger partial charge in [-0.15, -0.1) is 0 Å². The molecule has 0 radical (unpaired) electrons. The number of halogens is 3. The minimum Gasteiger partial charge on any atom is -0.504 e. The van der Waals surface area contributed by atoms with Crippen molar-refractivity contribution in [3.8, 4) is 16.9 Å². The molecule has 4 heteroatoms. The number of phenolic OH excluding ortho intramolecular Hbond substituents is 1. The maximum Gasteiger partial charge on any atom is 0.168 e. The van der Waals surface area contributed by atoms with Crippen LogP contribution < -0.4 is 0 Å². The van der Waals surface area contributed by atoms with Crippen LogP contribution in [0.5, 0.6) is 5.75 Å². The molecule has 16 heavy (non-hydrogen) atoms. The third kappa shape index (κ3) is 1.86. The van der Waals surface area contributed by atoms with Crippen LogP contribution in [-0.2, 0) is 0 Å². The Kier molecular flexibility index (Phi) is 2.56. The molecule has 0 amide bonds. The highest BCUT2D eigenvalue weighted by molar-refractivity contribution is 5.70. The average molecular weight is 224 g/mol. The zero-order valence-corrected chi connectivity index (χ0v) is 8.05. The van der Waals surface area contributed by atoms with Gasteiger partial charge < -0.3 is 5.11 Å². The molecule has 0 aliphatic heterocycles. The van der Waals surface area contributed by atoms with E-state index < -0.39 is 23.2 Å². The first-order chi connectivity index (χ1) is 7.58. The quantitative estimate of drug-likeness (QED) is 0.786. The molecular weight excluding hydrogens is 217 g/mol. The van der Waals surface area contributed by atoms with Gasteiger partial charge in [0, 0.05) is 11.6 Å². The summed E-state index contributed by atoms with van der Waals surface area (Å²) >= 11 is 0. The summed E-state index contributed by atoms with van der Waals surface area (Å²) in [7, 11) is 0. The van der Waals surface area contributed by atoms with Crippen molar-refractivity contribution in [3.63, 3.8) is 0 Å². The minimum absolute atomic E-state index is 0.0722. The molecule has 0 aliphatic carbocycles. The van der Waals surface area contributed by atoms with E-state index in [0.717, 1.165) is 12.1 Å². The lowest BCUT2D eigenvalue weighted by molar-refractivity contribution is 0.430. The summed E-state index contributed by atoms with van der Waals surface area (Å²) in [6, 6.07) is 6.67. The van der Waals surface area contributed by atoms with Crippen molar-refractivity contribution in [2.24, 2.45) is 0 Å². The number of benzene rings is 2. The molecule has 0 atom stereocenters. The van der Waals surface area contributed by atoms with Crippen LogP contribution in [0.2, 0.25) is 0 Å². The van der Waals surface area contributed by atoms with Gasteiger partial charge in [0.15, 0.2) is 11.6 Å². The SMILES string of the molecule is Oc1c(F)cc(F)cc1-c1cccc(F)c1. The summed E-state index contributed by atoms with van der Waals surface area (Å²) in [5.74, 6) is -3.12. The fraction of sp³-hybridized carbons (Fsp3) is 0. The molecule has 0 aliphatic rings. The first kappa shape index (κ1) is 10.5. The molecule has 0 heterocycles. The van der Waals surface area contributed by atoms with E-state index in [4.69, 9.17) is 0 Å². The molecule has 0 fully saturated rings. The van der Waals surface area contributed by atoms with Gasteiger partial charge >= 0.3 is 0 Å². The summed E-state index contributed by atoms with van der Waals surface area (Å²) in [4.78, 5) is 0. The topological polar surface area (TPSA) is 20.2 Å². The van der Waals surface area contributed by atoms with E-state index in [0.29, 0.717) is 6.07 Å². The molecule has 0 saturated heterocycles. The third-order valence-corrected chi connectivity index (χ3v) is 2.16. The maximum absolute atomic E-state index is 13.0. The Morgan fingerprint density at radius 3 is 2.31 bits per heavy atom. The van der Waals surface area contributed by atoms with E-state index in [-0.39, 0.29) is 11.1 Å². The lowest BCUT2D eigenvalue weighted by atomic mass is 10.0. The molecule has 0 bridgehead atoms. The molecule has 2 aromatic carbocycles. The van der Waals surface area contributed by atoms with Crippen LogP contribution >= 0.6 is 0 Å². The maximum atomic E-state index is 13.0. The van der Waals surface area contributed by atoms with Crippen molar-refractivity contribution in [2.45, 2.75) is 0 Å². The van der Waals surface area contributed by atoms with Gasteiger partial charge in [0.25, 0.3) is 0 Å². The highest BCUT2D eigenvalue weighted by Crippen LogP contribution is 2.32. The van der Waals surface area contributed by atoms with Gasteiger partial charge in [0.05, 0.1) is 0 Å². The second kappa shape index (κ2) is 3.89. The van der Waals surface area contributed by atoms with Crippen molar-refractivity contribution in [1.82, 2.24) is 0 Å². The Bertz CT molecular complexity index is 538. The Hall–Kier alpha value is -1.97. The van der Waals surface area contributed by atoms with Gasteiger partial charge in [-0.1, -0.05) is 12.1 Å². The fourth-order valence-corrected chi connectivity index (χ4v) is 1.44. The van der Waals surface area contributed by atoms with E-state index in [1.54, 1.807) is 0 Å². The van der Waals surface area contributed by atoms with Crippen molar-refractivity contribution < 1.29 is 18.3 Å². The van der Waals surface area contributed by atoms with Gasteiger partial charge in [0.2, 0.25) is 0 Å². The lowest BCUT2D eigenvalue weighted by Gasteiger charge is -2.06. The largest absolute Gasteiger partial charge is 0.504 e. The molecule has 1 N–H and O–H groups in total. The molecule has 0 aromatic heterocycles. The number of hydrogen-bond acceptors (Lipinski definition) is 1. The molecule has 2 aromatic rings. The summed E-state index contributed by atoms with van der Waals surface area (Å²) in [5, 5.41) is 9.40. The fourth-order valence-electron chi connectivity index (χ4n) is 1.44. The lowest BCUT2D eigenvalue weighted by Crippen LogP contribution is -1.87. The molecule has 0 spiro atoms. The predicted octanol–water partition coefficient (Wildman–Crippen LogP) is 3.48. The second-order valence-electron chi connectivity index (χ2n) is 3.29. The minimum atomic E-state index is -1.07. The Morgan fingerprint density at radius 1 is 0.875 bits per heavy atom. The summed E-state index contributed by atoms with van der Waals surface area (Å²) in [5.41, 5.74) is 0.146. The Balaban J connectivity index is 2.64. The number of aromatic hydroxyl groups is 1. The monoisotopic (exact) mass is 224 g/mol. The van der Waals surface area contributed by atoms with Crippen LogP contribution in [-0.4, -0.2) is 5.11 Å². The van der Waals surface area contributed by atoms with Crippen LogP contribution in [0.25, 0.3) is 11.1 Å². The molecule has 2 rings (SSSR count). The Labute approximate surface area is 89.8 Å². The van der Waals surface area contributed by atoms with Crippen LogP contribution in [0.4, 0.5) is 13.2 Å². The predicted molar refractivity (Wildman–Crippen MR) is 53.4 cm³/mol. The van der Waals surface area contributed by atoms with Gasteiger partial charge in [0.1, 0.15) is 11.6 Å². The first-order valence-corrected chi connectivity index (χ1v) is 4.52. The highest BCUT2D eigenvalue weighted by Gasteiger charge is 2.12. The number of rotatable bonds is 1. The van der Waals surface area contributed by atoms with Crippen molar-refractivity contribution in [1.29, 1.82) is 0 Å². The van der Waals surface area contributed by atoms with Crippen LogP contribution in [0.15, 0.2) is 36.4 Å². The second-order valence-corrected chi connectivity index (χ2v) is 3.29. The van der Waals surface area contributed by atoms with Gasteiger partial charge in [-0.2, -0.15) is 0 Å². The van der Waals surface area contributed by atoms with Gasteiger partial charge in [-0.05, 0) is 23.8 Å². The summed E-state index contributed by atoms with van der Waals surface area (Å²) in [6.45, 7) is 0. The average Bonchev–Trinajstić information content (AvgIpc) is 2.23. The molecule has 1 nitrogen and oxygen atoms in total. The number of phenols is 1. The molecule has 0 saturated carbocycles. The summed E-state index contributed by atoms with van der Waals surface area (Å²) in [6.07, 6.45) is 0. The third-order valence-electron chi connectivity index (χ3n) is 2.16. The van der Waals surface area contributed by atoms with E-state index in [9.17, 15) is 18.3 Å². The van der Waals surface area contributed by atoms with E-state index in [1.165, 1.54) is 18.2 Å². The standard InChI is InChI=1S/C12H7F3O/c13-8-3-1-2-7(4-8)10-5-9(14)6-11(15)12(10)16/h1-6,16H. The number of hydrogen-bond donors (Lipinski definition) is 1. The zero-order valence-electron chi connectivity index (χ0n) is 8.05. The zero-order chi connectivity index (χ0) is 11.7. The van der Waals surface area contributed by atoms with Crippen molar-refractivity contribution in [2.75, 3.05) is 0 Å². The molecular formula is C12H7F3O. The van der Waals surface area contributed by atoms with E-state index in [2.05, 4.69) is 0 Å². The van der Waals surface area contributed by atoms with Crippen molar-refractivity contribution in [3.05, 3.63) is 53.8 Å². The summed E-state index contributed by atoms with van der Waals surface area (Å²) < 4.78 is 38.9. The van der Waals surface area contributed by atoms with E-state index in [1.807, 2.05) is 0 Å². The van der Waals surface area contributed by atoms with Crippen molar-refractivity contribution >= 4 is 0 Å². The van der Waals surface area contributed by atoms with Gasteiger partial charge in [-0.3, -0.25) is 0 Å². The van der Waals surface area contributed by atoms with E-state index >= 15 is 0 Å².